The summed E-state index contributed by atoms with van der Waals surface area (Å²) in [6.07, 6.45) is 0. The fourth-order valence-electron chi connectivity index (χ4n) is 2.85. The molecule has 0 heterocycles. The topological polar surface area (TPSA) is 9.23 Å². The van der Waals surface area contributed by atoms with Gasteiger partial charge in [-0.25, -0.2) is 8.78 Å². The van der Waals surface area contributed by atoms with Gasteiger partial charge in [0.2, 0.25) is 0 Å². The number of ether oxygens (including phenoxy) is 1. The summed E-state index contributed by atoms with van der Waals surface area (Å²) in [6.45, 7) is 2.29. The molecule has 0 unspecified atom stereocenters. The lowest BCUT2D eigenvalue weighted by atomic mass is 9.92. The van der Waals surface area contributed by atoms with Gasteiger partial charge in [0.15, 0.2) is 11.6 Å². The normalized spacial score (nSPS) is 10.9. The third kappa shape index (κ3) is 3.58. The highest BCUT2D eigenvalue weighted by atomic mass is 35.5. The molecule has 0 bridgehead atoms. The molecule has 128 valence electrons. The minimum absolute atomic E-state index is 0.343. The van der Waals surface area contributed by atoms with Crippen LogP contribution in [0.25, 0.3) is 22.3 Å². The van der Waals surface area contributed by atoms with Crippen LogP contribution in [0.4, 0.5) is 8.78 Å². The third-order valence-electron chi connectivity index (χ3n) is 4.18. The van der Waals surface area contributed by atoms with Gasteiger partial charge in [0.1, 0.15) is 0 Å². The molecule has 0 aliphatic rings. The predicted octanol–water partition coefficient (Wildman–Crippen LogP) is 6.41. The molecular weight excluding hydrogens is 342 g/mol. The highest BCUT2D eigenvalue weighted by Crippen LogP contribution is 2.35. The predicted molar refractivity (Wildman–Crippen MR) is 97.7 cm³/mol. The lowest BCUT2D eigenvalue weighted by Gasteiger charge is -2.16. The molecule has 0 atom stereocenters. The maximum atomic E-state index is 13.7. The highest BCUT2D eigenvalue weighted by Gasteiger charge is 2.14. The highest BCUT2D eigenvalue weighted by molar-refractivity contribution is 6.31. The van der Waals surface area contributed by atoms with Crippen LogP contribution in [0.15, 0.2) is 54.6 Å². The molecule has 0 saturated heterocycles. The minimum atomic E-state index is -0.871. The van der Waals surface area contributed by atoms with Crippen LogP contribution in [-0.4, -0.2) is 7.11 Å². The van der Waals surface area contributed by atoms with Crippen LogP contribution in [0.1, 0.15) is 11.1 Å². The molecule has 1 nitrogen and oxygen atoms in total. The Kier molecular flexibility index (Phi) is 5.16. The number of benzene rings is 3. The molecule has 25 heavy (non-hydrogen) atoms. The van der Waals surface area contributed by atoms with Gasteiger partial charge < -0.3 is 4.74 Å². The summed E-state index contributed by atoms with van der Waals surface area (Å²) >= 11 is 6.27. The van der Waals surface area contributed by atoms with Gasteiger partial charge in [-0.15, -0.1) is 0 Å². The maximum Gasteiger partial charge on any atom is 0.159 e. The van der Waals surface area contributed by atoms with E-state index in [9.17, 15) is 8.78 Å². The first-order valence-electron chi connectivity index (χ1n) is 7.84. The molecule has 0 aliphatic carbocycles. The molecule has 0 fully saturated rings. The molecule has 4 heteroatoms. The standard InChI is InChI=1S/C21H17ClF2O/c1-13-6-7-14(10-19(13)22)16-4-3-5-17(18(16)12-25-2)15-8-9-20(23)21(24)11-15/h3-11H,12H2,1-2H3. The largest absolute Gasteiger partial charge is 0.380 e. The summed E-state index contributed by atoms with van der Waals surface area (Å²) in [5.74, 6) is -1.73. The molecule has 3 aromatic rings. The van der Waals surface area contributed by atoms with E-state index in [0.29, 0.717) is 17.2 Å². The van der Waals surface area contributed by atoms with Crippen LogP contribution < -0.4 is 0 Å². The van der Waals surface area contributed by atoms with Crippen LogP contribution in [-0.2, 0) is 11.3 Å². The Labute approximate surface area is 150 Å². The summed E-state index contributed by atoms with van der Waals surface area (Å²) < 4.78 is 32.3. The molecule has 0 amide bonds. The molecule has 0 saturated carbocycles. The van der Waals surface area contributed by atoms with E-state index in [1.807, 2.05) is 43.3 Å². The number of hydrogen-bond donors (Lipinski definition) is 0. The van der Waals surface area contributed by atoms with E-state index in [1.165, 1.54) is 6.07 Å². The Morgan fingerprint density at radius 3 is 2.12 bits per heavy atom. The molecular formula is C21H17ClF2O. The second-order valence-electron chi connectivity index (χ2n) is 5.86. The monoisotopic (exact) mass is 358 g/mol. The Bertz CT molecular complexity index is 852. The molecule has 3 aromatic carbocycles. The van der Waals surface area contributed by atoms with Crippen molar-refractivity contribution in [2.45, 2.75) is 13.5 Å². The summed E-state index contributed by atoms with van der Waals surface area (Å²) in [4.78, 5) is 0. The first-order chi connectivity index (χ1) is 12.0. The van der Waals surface area contributed by atoms with Crippen molar-refractivity contribution in [3.8, 4) is 22.3 Å². The smallest absolute Gasteiger partial charge is 0.159 e. The second kappa shape index (κ2) is 7.34. The van der Waals surface area contributed by atoms with Crippen molar-refractivity contribution in [3.63, 3.8) is 0 Å². The summed E-state index contributed by atoms with van der Waals surface area (Å²) in [6, 6.07) is 15.5. The second-order valence-corrected chi connectivity index (χ2v) is 6.26. The van der Waals surface area contributed by atoms with Crippen molar-refractivity contribution in [2.75, 3.05) is 7.11 Å². The zero-order valence-electron chi connectivity index (χ0n) is 13.9. The van der Waals surface area contributed by atoms with Crippen molar-refractivity contribution >= 4 is 11.6 Å². The van der Waals surface area contributed by atoms with Gasteiger partial charge in [0, 0.05) is 12.1 Å². The molecule has 0 aromatic heterocycles. The van der Waals surface area contributed by atoms with Crippen molar-refractivity contribution in [1.82, 2.24) is 0 Å². The lowest BCUT2D eigenvalue weighted by molar-refractivity contribution is 0.185. The van der Waals surface area contributed by atoms with Gasteiger partial charge in [-0.05, 0) is 58.5 Å². The Morgan fingerprint density at radius 2 is 1.52 bits per heavy atom. The van der Waals surface area contributed by atoms with E-state index in [1.54, 1.807) is 13.2 Å². The minimum Gasteiger partial charge on any atom is -0.380 e. The molecule has 0 spiro atoms. The summed E-state index contributed by atoms with van der Waals surface area (Å²) in [5, 5.41) is 0.680. The van der Waals surface area contributed by atoms with Crippen LogP contribution in [0, 0.1) is 18.6 Å². The van der Waals surface area contributed by atoms with Gasteiger partial charge in [-0.1, -0.05) is 48.0 Å². The van der Waals surface area contributed by atoms with E-state index >= 15 is 0 Å². The zero-order valence-corrected chi connectivity index (χ0v) is 14.7. The van der Waals surface area contributed by atoms with E-state index in [4.69, 9.17) is 16.3 Å². The van der Waals surface area contributed by atoms with E-state index in [-0.39, 0.29) is 0 Å². The van der Waals surface area contributed by atoms with Gasteiger partial charge >= 0.3 is 0 Å². The zero-order chi connectivity index (χ0) is 18.0. The quantitative estimate of drug-likeness (QED) is 0.523. The third-order valence-corrected chi connectivity index (χ3v) is 4.59. The van der Waals surface area contributed by atoms with Crippen LogP contribution in [0.3, 0.4) is 0 Å². The fraction of sp³-hybridized carbons (Fsp3) is 0.143. The van der Waals surface area contributed by atoms with Gasteiger partial charge in [0.25, 0.3) is 0 Å². The first kappa shape index (κ1) is 17.6. The lowest BCUT2D eigenvalue weighted by Crippen LogP contribution is -1.97. The number of rotatable bonds is 4. The molecule has 0 aliphatic heterocycles. The van der Waals surface area contributed by atoms with Crippen LogP contribution >= 0.6 is 11.6 Å². The first-order valence-corrected chi connectivity index (χ1v) is 8.22. The van der Waals surface area contributed by atoms with E-state index in [0.717, 1.165) is 33.9 Å². The van der Waals surface area contributed by atoms with Gasteiger partial charge in [0.05, 0.1) is 6.61 Å². The molecule has 0 N–H and O–H groups in total. The van der Waals surface area contributed by atoms with Crippen LogP contribution in [0.5, 0.6) is 0 Å². The van der Waals surface area contributed by atoms with Crippen LogP contribution in [0.2, 0.25) is 5.02 Å². The number of aryl methyl sites for hydroxylation is 1. The average molecular weight is 359 g/mol. The van der Waals surface area contributed by atoms with Crippen molar-refractivity contribution < 1.29 is 13.5 Å². The SMILES string of the molecule is COCc1c(-c2ccc(F)c(F)c2)cccc1-c1ccc(C)c(Cl)c1. The molecule has 0 radical (unpaired) electrons. The fourth-order valence-corrected chi connectivity index (χ4v) is 3.03. The maximum absolute atomic E-state index is 13.7. The van der Waals surface area contributed by atoms with E-state index < -0.39 is 11.6 Å². The summed E-state index contributed by atoms with van der Waals surface area (Å²) in [7, 11) is 1.61. The van der Waals surface area contributed by atoms with Crippen molar-refractivity contribution in [2.24, 2.45) is 0 Å². The summed E-state index contributed by atoms with van der Waals surface area (Å²) in [5.41, 5.74) is 5.20. The van der Waals surface area contributed by atoms with Crippen molar-refractivity contribution in [3.05, 3.63) is 82.4 Å². The van der Waals surface area contributed by atoms with Crippen molar-refractivity contribution in [1.29, 1.82) is 0 Å². The van der Waals surface area contributed by atoms with Gasteiger partial charge in [-0.2, -0.15) is 0 Å². The Hall–Kier alpha value is -2.23. The molecule has 3 rings (SSSR count). The number of hydrogen-bond acceptors (Lipinski definition) is 1. The Morgan fingerprint density at radius 1 is 0.880 bits per heavy atom. The van der Waals surface area contributed by atoms with Gasteiger partial charge in [-0.3, -0.25) is 0 Å². The number of methoxy groups -OCH3 is 1. The van der Waals surface area contributed by atoms with E-state index in [2.05, 4.69) is 0 Å². The average Bonchev–Trinajstić information content (AvgIpc) is 2.60. The number of halogens is 3. The Balaban J connectivity index is 2.20.